The Morgan fingerprint density at radius 1 is 1.12 bits per heavy atom. The molecule has 1 aromatic heterocycles. The van der Waals surface area contributed by atoms with Gasteiger partial charge in [0.2, 0.25) is 11.8 Å². The van der Waals surface area contributed by atoms with Crippen LogP contribution >= 0.6 is 11.3 Å². The molecule has 2 heterocycles. The van der Waals surface area contributed by atoms with Gasteiger partial charge in [-0.05, 0) is 25.0 Å². The highest BCUT2D eigenvalue weighted by Gasteiger charge is 2.51. The Kier molecular flexibility index (Phi) is 6.22. The smallest absolute Gasteiger partial charge is 0.325 e. The minimum atomic E-state index is -0.772. The van der Waals surface area contributed by atoms with E-state index >= 15 is 0 Å². The summed E-state index contributed by atoms with van der Waals surface area (Å²) < 4.78 is 0. The Balaban J connectivity index is 1.31. The van der Waals surface area contributed by atoms with Crippen molar-refractivity contribution in [2.75, 3.05) is 17.2 Å². The molecule has 10 heteroatoms. The molecule has 3 N–H and O–H groups in total. The van der Waals surface area contributed by atoms with Crippen molar-refractivity contribution in [3.8, 4) is 11.3 Å². The van der Waals surface area contributed by atoms with Gasteiger partial charge in [0.05, 0.1) is 5.69 Å². The summed E-state index contributed by atoms with van der Waals surface area (Å²) in [7, 11) is 0. The maximum Gasteiger partial charge on any atom is 0.325 e. The van der Waals surface area contributed by atoms with Gasteiger partial charge in [-0.3, -0.25) is 19.3 Å². The fourth-order valence-corrected chi connectivity index (χ4v) is 4.90. The Bertz CT molecular complexity index is 1040. The summed E-state index contributed by atoms with van der Waals surface area (Å²) >= 11 is 1.29. The number of nitrogens with zero attached hydrogens (tertiary/aromatic N) is 2. The Labute approximate surface area is 189 Å². The van der Waals surface area contributed by atoms with Gasteiger partial charge in [0, 0.05) is 36.5 Å². The van der Waals surface area contributed by atoms with E-state index in [-0.39, 0.29) is 30.7 Å². The fraction of sp³-hybridized carbons (Fsp3) is 0.409. The van der Waals surface area contributed by atoms with Crippen LogP contribution in [0.1, 0.15) is 45.4 Å². The number of carbonyl (C=O) groups is 4. The Morgan fingerprint density at radius 3 is 2.53 bits per heavy atom. The topological polar surface area (TPSA) is 121 Å². The second-order valence-corrected chi connectivity index (χ2v) is 8.98. The van der Waals surface area contributed by atoms with Crippen LogP contribution in [0.25, 0.3) is 11.3 Å². The average Bonchev–Trinajstić information content (AvgIpc) is 3.30. The fourth-order valence-electron chi connectivity index (χ4n) is 4.16. The molecule has 1 aliphatic heterocycles. The number of thiazole rings is 1. The number of amides is 5. The van der Waals surface area contributed by atoms with E-state index in [0.29, 0.717) is 29.4 Å². The van der Waals surface area contributed by atoms with Gasteiger partial charge in [0.15, 0.2) is 5.13 Å². The third-order valence-corrected chi connectivity index (χ3v) is 6.52. The van der Waals surface area contributed by atoms with Gasteiger partial charge >= 0.3 is 6.03 Å². The molecule has 1 saturated heterocycles. The molecule has 2 aliphatic rings. The van der Waals surface area contributed by atoms with E-state index in [1.165, 1.54) is 18.3 Å². The number of hydrogen-bond acceptors (Lipinski definition) is 6. The number of aromatic nitrogens is 1. The first-order chi connectivity index (χ1) is 15.4. The van der Waals surface area contributed by atoms with Crippen molar-refractivity contribution in [2.24, 2.45) is 0 Å². The van der Waals surface area contributed by atoms with Crippen molar-refractivity contribution < 1.29 is 19.2 Å². The first-order valence-electron chi connectivity index (χ1n) is 10.6. The summed E-state index contributed by atoms with van der Waals surface area (Å²) in [6.07, 6.45) is 4.24. The molecule has 1 spiro atoms. The van der Waals surface area contributed by atoms with Crippen molar-refractivity contribution in [1.82, 2.24) is 15.2 Å². The second-order valence-electron chi connectivity index (χ2n) is 8.12. The van der Waals surface area contributed by atoms with Gasteiger partial charge in [-0.25, -0.2) is 9.78 Å². The zero-order chi connectivity index (χ0) is 22.7. The van der Waals surface area contributed by atoms with Gasteiger partial charge in [-0.15, -0.1) is 11.3 Å². The SMILES string of the molecule is CC(=O)Nc1ccc(-c2csc(NC(=O)CCN3C(=O)NC4(CCCCC4)C3=O)n2)cc1. The van der Waals surface area contributed by atoms with E-state index in [1.807, 2.05) is 17.5 Å². The number of nitrogens with one attached hydrogen (secondary N) is 3. The number of hydrogen-bond donors (Lipinski definition) is 3. The van der Waals surface area contributed by atoms with E-state index in [9.17, 15) is 19.2 Å². The lowest BCUT2D eigenvalue weighted by Gasteiger charge is -2.30. The molecule has 0 radical (unpaired) electrons. The van der Waals surface area contributed by atoms with Crippen LogP contribution in [0, 0.1) is 0 Å². The molecule has 9 nitrogen and oxygen atoms in total. The largest absolute Gasteiger partial charge is 0.326 e. The monoisotopic (exact) mass is 455 g/mol. The van der Waals surface area contributed by atoms with Crippen LogP contribution in [-0.2, 0) is 14.4 Å². The Hall–Kier alpha value is -3.27. The summed E-state index contributed by atoms with van der Waals surface area (Å²) in [6, 6.07) is 6.83. The maximum atomic E-state index is 12.8. The predicted molar refractivity (Wildman–Crippen MR) is 121 cm³/mol. The van der Waals surface area contributed by atoms with Crippen molar-refractivity contribution in [2.45, 2.75) is 51.0 Å². The van der Waals surface area contributed by atoms with E-state index in [2.05, 4.69) is 20.9 Å². The molecule has 0 unspecified atom stereocenters. The summed E-state index contributed by atoms with van der Waals surface area (Å²) in [6.45, 7) is 1.49. The van der Waals surface area contributed by atoms with Crippen LogP contribution in [0.2, 0.25) is 0 Å². The first-order valence-corrected chi connectivity index (χ1v) is 11.5. The molecular weight excluding hydrogens is 430 g/mol. The number of rotatable bonds is 6. The zero-order valence-electron chi connectivity index (χ0n) is 17.8. The molecule has 0 atom stereocenters. The number of urea groups is 1. The predicted octanol–water partition coefficient (Wildman–Crippen LogP) is 3.35. The number of anilines is 2. The summed E-state index contributed by atoms with van der Waals surface area (Å²) in [4.78, 5) is 54.2. The zero-order valence-corrected chi connectivity index (χ0v) is 18.6. The lowest BCUT2D eigenvalue weighted by Crippen LogP contribution is -2.48. The lowest BCUT2D eigenvalue weighted by molar-refractivity contribution is -0.132. The summed E-state index contributed by atoms with van der Waals surface area (Å²) in [5, 5.41) is 10.6. The molecule has 5 amide bonds. The van der Waals surface area contributed by atoms with Crippen LogP contribution in [0.15, 0.2) is 29.6 Å². The van der Waals surface area contributed by atoms with E-state index in [0.717, 1.165) is 29.7 Å². The molecular formula is C22H25N5O4S. The average molecular weight is 456 g/mol. The van der Waals surface area contributed by atoms with Crippen LogP contribution in [0.5, 0.6) is 0 Å². The van der Waals surface area contributed by atoms with Gasteiger partial charge in [-0.1, -0.05) is 31.4 Å². The number of carbonyl (C=O) groups excluding carboxylic acids is 4. The van der Waals surface area contributed by atoms with Crippen molar-refractivity contribution in [3.05, 3.63) is 29.6 Å². The molecule has 1 aromatic carbocycles. The highest BCUT2D eigenvalue weighted by molar-refractivity contribution is 7.14. The second kappa shape index (κ2) is 9.07. The molecule has 1 aliphatic carbocycles. The van der Waals surface area contributed by atoms with Gasteiger partial charge < -0.3 is 16.0 Å². The maximum absolute atomic E-state index is 12.8. The van der Waals surface area contributed by atoms with Crippen molar-refractivity contribution >= 4 is 45.9 Å². The van der Waals surface area contributed by atoms with Crippen molar-refractivity contribution in [3.63, 3.8) is 0 Å². The third kappa shape index (κ3) is 4.64. The summed E-state index contributed by atoms with van der Waals surface area (Å²) in [5.41, 5.74) is 1.48. The minimum Gasteiger partial charge on any atom is -0.326 e. The Morgan fingerprint density at radius 2 is 1.84 bits per heavy atom. The minimum absolute atomic E-state index is 0.00949. The first kappa shape index (κ1) is 21.9. The van der Waals surface area contributed by atoms with Crippen LogP contribution in [-0.4, -0.2) is 45.7 Å². The quantitative estimate of drug-likeness (QED) is 0.577. The highest BCUT2D eigenvalue weighted by atomic mass is 32.1. The molecule has 2 aromatic rings. The van der Waals surface area contributed by atoms with Crippen LogP contribution < -0.4 is 16.0 Å². The van der Waals surface area contributed by atoms with Gasteiger partial charge in [0.25, 0.3) is 5.91 Å². The number of imide groups is 1. The normalized spacial score (nSPS) is 17.3. The van der Waals surface area contributed by atoms with Gasteiger partial charge in [-0.2, -0.15) is 0 Å². The van der Waals surface area contributed by atoms with E-state index in [1.54, 1.807) is 12.1 Å². The van der Waals surface area contributed by atoms with Crippen molar-refractivity contribution in [1.29, 1.82) is 0 Å². The molecule has 2 fully saturated rings. The third-order valence-electron chi connectivity index (χ3n) is 5.77. The van der Waals surface area contributed by atoms with E-state index < -0.39 is 11.6 Å². The molecule has 32 heavy (non-hydrogen) atoms. The van der Waals surface area contributed by atoms with Crippen LogP contribution in [0.3, 0.4) is 0 Å². The molecule has 1 saturated carbocycles. The lowest BCUT2D eigenvalue weighted by atomic mass is 9.82. The van der Waals surface area contributed by atoms with Crippen LogP contribution in [0.4, 0.5) is 15.6 Å². The molecule has 168 valence electrons. The van der Waals surface area contributed by atoms with Gasteiger partial charge in [0.1, 0.15) is 5.54 Å². The summed E-state index contributed by atoms with van der Waals surface area (Å²) in [5.74, 6) is -0.662. The highest BCUT2D eigenvalue weighted by Crippen LogP contribution is 2.33. The number of benzene rings is 1. The standard InChI is InChI=1S/C22H25N5O4S/c1-14(28)23-16-7-5-15(6-8-16)17-13-32-20(24-17)25-18(29)9-12-27-19(30)22(26-21(27)31)10-3-2-4-11-22/h5-8,13H,2-4,9-12H2,1H3,(H,23,28)(H,26,31)(H,24,25,29). The van der Waals surface area contributed by atoms with E-state index in [4.69, 9.17) is 0 Å². The molecule has 0 bridgehead atoms. The molecule has 4 rings (SSSR count).